The van der Waals surface area contributed by atoms with Crippen LogP contribution in [0.3, 0.4) is 0 Å². The molecule has 0 aliphatic rings. The van der Waals surface area contributed by atoms with Crippen LogP contribution in [0.4, 0.5) is 5.82 Å². The number of carbonyl (C=O) groups is 1. The summed E-state index contributed by atoms with van der Waals surface area (Å²) in [7, 11) is 0. The van der Waals surface area contributed by atoms with Crippen molar-refractivity contribution < 1.29 is 4.79 Å². The van der Waals surface area contributed by atoms with Gasteiger partial charge in [-0.2, -0.15) is 5.10 Å². The Kier molecular flexibility index (Phi) is 4.62. The summed E-state index contributed by atoms with van der Waals surface area (Å²) in [5.74, 6) is 0.0476. The number of amides is 1. The maximum absolute atomic E-state index is 12.3. The Morgan fingerprint density at radius 3 is 2.59 bits per heavy atom. The largest absolute Gasteiger partial charge is 0.281 e. The number of nitrogens with zero attached hydrogens (tertiary/aromatic N) is 4. The summed E-state index contributed by atoms with van der Waals surface area (Å²) in [6, 6.07) is 14.2. The van der Waals surface area contributed by atoms with Gasteiger partial charge in [0, 0.05) is 5.56 Å². The molecule has 2 N–H and O–H groups in total. The van der Waals surface area contributed by atoms with E-state index in [9.17, 15) is 4.79 Å². The lowest BCUT2D eigenvalue weighted by molar-refractivity contribution is 0.0962. The molecule has 0 unspecified atom stereocenters. The van der Waals surface area contributed by atoms with Crippen molar-refractivity contribution in [2.45, 2.75) is 0 Å². The molecular formula is C18H12Cl2N6O. The van der Waals surface area contributed by atoms with Crippen LogP contribution in [-0.2, 0) is 0 Å². The van der Waals surface area contributed by atoms with Crippen LogP contribution < -0.4 is 10.9 Å². The van der Waals surface area contributed by atoms with Gasteiger partial charge in [0.25, 0.3) is 5.91 Å². The molecule has 0 saturated carbocycles. The normalized spacial score (nSPS) is 10.7. The second kappa shape index (κ2) is 7.22. The molecule has 7 nitrogen and oxygen atoms in total. The number of benzene rings is 2. The van der Waals surface area contributed by atoms with Crippen molar-refractivity contribution in [2.75, 3.05) is 5.43 Å². The fourth-order valence-electron chi connectivity index (χ4n) is 2.53. The lowest BCUT2D eigenvalue weighted by Gasteiger charge is -2.09. The van der Waals surface area contributed by atoms with E-state index in [1.807, 2.05) is 30.3 Å². The maximum Gasteiger partial charge on any atom is 0.269 e. The predicted octanol–water partition coefficient (Wildman–Crippen LogP) is 3.88. The Labute approximate surface area is 163 Å². The molecule has 0 spiro atoms. The van der Waals surface area contributed by atoms with E-state index in [1.165, 1.54) is 12.4 Å². The van der Waals surface area contributed by atoms with Gasteiger partial charge in [0.15, 0.2) is 11.5 Å². The Morgan fingerprint density at radius 2 is 1.81 bits per heavy atom. The van der Waals surface area contributed by atoms with Gasteiger partial charge in [-0.1, -0.05) is 41.4 Å². The van der Waals surface area contributed by atoms with Crippen LogP contribution in [0.25, 0.3) is 16.7 Å². The molecule has 0 atom stereocenters. The summed E-state index contributed by atoms with van der Waals surface area (Å²) >= 11 is 11.8. The third-order valence-electron chi connectivity index (χ3n) is 3.84. The SMILES string of the molecule is O=C(NNc1ncnc2c1cnn2-c1ccccc1)c1ccc(Cl)c(Cl)c1. The van der Waals surface area contributed by atoms with Crippen molar-refractivity contribution in [1.82, 2.24) is 25.2 Å². The summed E-state index contributed by atoms with van der Waals surface area (Å²) in [6.45, 7) is 0. The zero-order chi connectivity index (χ0) is 18.8. The Bertz CT molecular complexity index is 1130. The number of fused-ring (bicyclic) bond motifs is 1. The molecule has 0 aliphatic heterocycles. The minimum atomic E-state index is -0.379. The molecule has 2 heterocycles. The highest BCUT2D eigenvalue weighted by molar-refractivity contribution is 6.42. The highest BCUT2D eigenvalue weighted by atomic mass is 35.5. The van der Waals surface area contributed by atoms with E-state index in [0.717, 1.165) is 5.69 Å². The van der Waals surface area contributed by atoms with Gasteiger partial charge in [-0.3, -0.25) is 15.6 Å². The van der Waals surface area contributed by atoms with E-state index in [0.29, 0.717) is 32.5 Å². The average Bonchev–Trinajstić information content (AvgIpc) is 3.13. The van der Waals surface area contributed by atoms with Crippen molar-refractivity contribution in [3.05, 3.63) is 76.7 Å². The maximum atomic E-state index is 12.3. The smallest absolute Gasteiger partial charge is 0.269 e. The van der Waals surface area contributed by atoms with Crippen LogP contribution in [0.5, 0.6) is 0 Å². The minimum absolute atomic E-state index is 0.304. The predicted molar refractivity (Wildman–Crippen MR) is 104 cm³/mol. The molecule has 1 amide bonds. The van der Waals surface area contributed by atoms with Crippen LogP contribution in [0, 0.1) is 0 Å². The van der Waals surface area contributed by atoms with Gasteiger partial charge in [0.1, 0.15) is 6.33 Å². The fourth-order valence-corrected chi connectivity index (χ4v) is 2.83. The summed E-state index contributed by atoms with van der Waals surface area (Å²) in [5.41, 5.74) is 7.24. The fraction of sp³-hybridized carbons (Fsp3) is 0. The zero-order valence-electron chi connectivity index (χ0n) is 13.7. The number of anilines is 1. The number of para-hydroxylation sites is 1. The standard InChI is InChI=1S/C18H12Cl2N6O/c19-14-7-6-11(8-15(14)20)18(27)25-24-16-13-9-23-26(17(13)22-10-21-16)12-4-2-1-3-5-12/h1-10H,(H,25,27)(H,21,22,24). The van der Waals surface area contributed by atoms with E-state index < -0.39 is 0 Å². The summed E-state index contributed by atoms with van der Waals surface area (Å²) in [4.78, 5) is 20.8. The van der Waals surface area contributed by atoms with Crippen molar-refractivity contribution in [1.29, 1.82) is 0 Å². The Hall–Kier alpha value is -3.16. The van der Waals surface area contributed by atoms with E-state index in [1.54, 1.807) is 23.0 Å². The second-order valence-corrected chi connectivity index (χ2v) is 6.37. The average molecular weight is 399 g/mol. The van der Waals surface area contributed by atoms with Crippen LogP contribution in [0.15, 0.2) is 61.1 Å². The number of carbonyl (C=O) groups excluding carboxylic acids is 1. The molecule has 0 fully saturated rings. The van der Waals surface area contributed by atoms with Gasteiger partial charge in [-0.15, -0.1) is 0 Å². The molecule has 4 aromatic rings. The minimum Gasteiger partial charge on any atom is -0.281 e. The van der Waals surface area contributed by atoms with E-state index in [2.05, 4.69) is 25.9 Å². The third-order valence-corrected chi connectivity index (χ3v) is 4.58. The topological polar surface area (TPSA) is 84.7 Å². The number of hydrogen-bond donors (Lipinski definition) is 2. The van der Waals surface area contributed by atoms with Crippen LogP contribution in [0.2, 0.25) is 10.0 Å². The lowest BCUT2D eigenvalue weighted by atomic mass is 10.2. The summed E-state index contributed by atoms with van der Waals surface area (Å²) in [5, 5.41) is 5.71. The monoisotopic (exact) mass is 398 g/mol. The van der Waals surface area contributed by atoms with Gasteiger partial charge in [-0.25, -0.2) is 14.6 Å². The van der Waals surface area contributed by atoms with Crippen LogP contribution in [0.1, 0.15) is 10.4 Å². The number of nitrogens with one attached hydrogen (secondary N) is 2. The van der Waals surface area contributed by atoms with E-state index in [-0.39, 0.29) is 5.91 Å². The molecule has 0 saturated heterocycles. The molecular weight excluding hydrogens is 387 g/mol. The molecule has 0 aliphatic carbocycles. The van der Waals surface area contributed by atoms with E-state index in [4.69, 9.17) is 23.2 Å². The van der Waals surface area contributed by atoms with E-state index >= 15 is 0 Å². The molecule has 0 bridgehead atoms. The first-order chi connectivity index (χ1) is 13.1. The number of hydrogen-bond acceptors (Lipinski definition) is 5. The van der Waals surface area contributed by atoms with Crippen LogP contribution in [-0.4, -0.2) is 25.7 Å². The van der Waals surface area contributed by atoms with Gasteiger partial charge in [0.2, 0.25) is 0 Å². The van der Waals surface area contributed by atoms with Gasteiger partial charge in [0.05, 0.1) is 27.3 Å². The summed E-state index contributed by atoms with van der Waals surface area (Å²) in [6.07, 6.45) is 3.03. The lowest BCUT2D eigenvalue weighted by Crippen LogP contribution is -2.29. The molecule has 27 heavy (non-hydrogen) atoms. The second-order valence-electron chi connectivity index (χ2n) is 5.56. The van der Waals surface area contributed by atoms with Gasteiger partial charge < -0.3 is 0 Å². The number of hydrazine groups is 1. The third kappa shape index (κ3) is 3.42. The first-order valence-corrected chi connectivity index (χ1v) is 8.64. The van der Waals surface area contributed by atoms with Crippen molar-refractivity contribution >= 4 is 46.0 Å². The highest BCUT2D eigenvalue weighted by Crippen LogP contribution is 2.23. The Morgan fingerprint density at radius 1 is 1.00 bits per heavy atom. The number of halogens is 2. The van der Waals surface area contributed by atoms with Gasteiger partial charge >= 0.3 is 0 Å². The first-order valence-electron chi connectivity index (χ1n) is 7.89. The first kappa shape index (κ1) is 17.3. The molecule has 134 valence electrons. The number of rotatable bonds is 4. The molecule has 0 radical (unpaired) electrons. The zero-order valence-corrected chi connectivity index (χ0v) is 15.2. The highest BCUT2D eigenvalue weighted by Gasteiger charge is 2.13. The summed E-state index contributed by atoms with van der Waals surface area (Å²) < 4.78 is 1.70. The molecule has 2 aromatic heterocycles. The number of aromatic nitrogens is 4. The van der Waals surface area contributed by atoms with Crippen LogP contribution >= 0.6 is 23.2 Å². The van der Waals surface area contributed by atoms with Gasteiger partial charge in [-0.05, 0) is 30.3 Å². The molecule has 4 rings (SSSR count). The van der Waals surface area contributed by atoms with Crippen molar-refractivity contribution in [3.63, 3.8) is 0 Å². The van der Waals surface area contributed by atoms with Crippen molar-refractivity contribution in [3.8, 4) is 5.69 Å². The molecule has 9 heteroatoms. The molecule has 2 aromatic carbocycles. The Balaban J connectivity index is 1.58. The quantitative estimate of drug-likeness (QED) is 0.509. The van der Waals surface area contributed by atoms with Crippen molar-refractivity contribution in [2.24, 2.45) is 0 Å².